The molecule has 2 nitrogen and oxygen atoms in total. The summed E-state index contributed by atoms with van der Waals surface area (Å²) < 4.78 is 38.2. The summed E-state index contributed by atoms with van der Waals surface area (Å²) in [6.45, 7) is 0.526. The number of rotatable bonds is 3. The number of aromatic nitrogens is 1. The molecule has 1 fully saturated rings. The Bertz CT molecular complexity index is 392. The van der Waals surface area contributed by atoms with Crippen LogP contribution in [0.3, 0.4) is 0 Å². The van der Waals surface area contributed by atoms with Gasteiger partial charge in [0.05, 0.1) is 5.56 Å². The van der Waals surface area contributed by atoms with Gasteiger partial charge in [-0.3, -0.25) is 0 Å². The molecule has 100 valence electrons. The molecular formula is C11H13F3N2S2. The Morgan fingerprint density at radius 1 is 1.39 bits per heavy atom. The highest BCUT2D eigenvalue weighted by Gasteiger charge is 2.34. The Morgan fingerprint density at radius 2 is 2.22 bits per heavy atom. The molecule has 7 heteroatoms. The summed E-state index contributed by atoms with van der Waals surface area (Å²) in [7, 11) is 0. The lowest BCUT2D eigenvalue weighted by atomic mass is 10.2. The molecule has 0 bridgehead atoms. The highest BCUT2D eigenvalue weighted by Crippen LogP contribution is 2.33. The summed E-state index contributed by atoms with van der Waals surface area (Å²) in [5.74, 6) is 3.09. The van der Waals surface area contributed by atoms with Crippen LogP contribution in [0.25, 0.3) is 0 Å². The molecule has 18 heavy (non-hydrogen) atoms. The van der Waals surface area contributed by atoms with E-state index >= 15 is 0 Å². The van der Waals surface area contributed by atoms with Gasteiger partial charge in [0.25, 0.3) is 0 Å². The second-order valence-corrected chi connectivity index (χ2v) is 6.40. The van der Waals surface area contributed by atoms with Gasteiger partial charge in [0, 0.05) is 35.3 Å². The van der Waals surface area contributed by atoms with Gasteiger partial charge >= 0.3 is 6.18 Å². The predicted octanol–water partition coefficient (Wildman–Crippen LogP) is 3.36. The lowest BCUT2D eigenvalue weighted by Crippen LogP contribution is -2.24. The van der Waals surface area contributed by atoms with Gasteiger partial charge in [-0.2, -0.15) is 36.7 Å². The zero-order chi connectivity index (χ0) is 13.0. The molecule has 1 atom stereocenters. The molecule has 0 radical (unpaired) electrons. The minimum absolute atomic E-state index is 0.0684. The van der Waals surface area contributed by atoms with E-state index in [1.807, 2.05) is 11.8 Å². The Kier molecular flexibility index (Phi) is 4.66. The van der Waals surface area contributed by atoms with Crippen molar-refractivity contribution in [1.82, 2.24) is 4.98 Å². The molecule has 0 aliphatic carbocycles. The summed E-state index contributed by atoms with van der Waals surface area (Å²) in [6, 6.07) is 2.36. The van der Waals surface area contributed by atoms with Crippen LogP contribution in [0.2, 0.25) is 0 Å². The number of hydrogen-bond acceptors (Lipinski definition) is 4. The van der Waals surface area contributed by atoms with Gasteiger partial charge < -0.3 is 5.32 Å². The molecule has 0 spiro atoms. The van der Waals surface area contributed by atoms with E-state index in [0.29, 0.717) is 11.8 Å². The van der Waals surface area contributed by atoms with Crippen LogP contribution in [0, 0.1) is 0 Å². The third-order valence-corrected chi connectivity index (χ3v) is 5.34. The van der Waals surface area contributed by atoms with Gasteiger partial charge in [-0.25, -0.2) is 4.98 Å². The lowest BCUT2D eigenvalue weighted by molar-refractivity contribution is -0.137. The minimum Gasteiger partial charge on any atom is -0.368 e. The first-order valence-electron chi connectivity index (χ1n) is 5.53. The fourth-order valence-electron chi connectivity index (χ4n) is 1.64. The molecule has 0 amide bonds. The van der Waals surface area contributed by atoms with Crippen molar-refractivity contribution in [3.05, 3.63) is 23.9 Å². The Morgan fingerprint density at radius 3 is 2.89 bits per heavy atom. The van der Waals surface area contributed by atoms with Crippen LogP contribution in [0.4, 0.5) is 19.0 Å². The average molecular weight is 294 g/mol. The molecule has 1 aromatic heterocycles. The van der Waals surface area contributed by atoms with Gasteiger partial charge in [0.15, 0.2) is 0 Å². The van der Waals surface area contributed by atoms with E-state index < -0.39 is 11.7 Å². The van der Waals surface area contributed by atoms with E-state index in [4.69, 9.17) is 0 Å². The highest BCUT2D eigenvalue weighted by molar-refractivity contribution is 8.06. The van der Waals surface area contributed by atoms with E-state index in [0.717, 1.165) is 23.3 Å². The van der Waals surface area contributed by atoms with Gasteiger partial charge in [-0.05, 0) is 12.1 Å². The summed E-state index contributed by atoms with van der Waals surface area (Å²) in [4.78, 5) is 3.78. The highest BCUT2D eigenvalue weighted by atomic mass is 32.2. The zero-order valence-corrected chi connectivity index (χ0v) is 11.2. The molecule has 1 unspecified atom stereocenters. The van der Waals surface area contributed by atoms with Crippen LogP contribution in [-0.2, 0) is 6.18 Å². The van der Waals surface area contributed by atoms with E-state index in [-0.39, 0.29) is 5.82 Å². The quantitative estimate of drug-likeness (QED) is 0.924. The summed E-state index contributed by atoms with van der Waals surface area (Å²) in [5.41, 5.74) is -0.696. The van der Waals surface area contributed by atoms with Crippen molar-refractivity contribution < 1.29 is 13.2 Å². The third-order valence-electron chi connectivity index (χ3n) is 2.50. The van der Waals surface area contributed by atoms with Crippen molar-refractivity contribution in [2.75, 3.05) is 29.1 Å². The molecule has 2 rings (SSSR count). The summed E-state index contributed by atoms with van der Waals surface area (Å²) in [6.07, 6.45) is -2.98. The number of pyridine rings is 1. The van der Waals surface area contributed by atoms with Crippen molar-refractivity contribution in [1.29, 1.82) is 0 Å². The first kappa shape index (κ1) is 13.9. The van der Waals surface area contributed by atoms with Crippen LogP contribution in [0.15, 0.2) is 18.3 Å². The average Bonchev–Trinajstić information content (AvgIpc) is 2.37. The van der Waals surface area contributed by atoms with Crippen molar-refractivity contribution in [2.45, 2.75) is 11.4 Å². The molecule has 1 saturated heterocycles. The van der Waals surface area contributed by atoms with Crippen LogP contribution < -0.4 is 5.32 Å². The molecule has 1 aliphatic heterocycles. The van der Waals surface area contributed by atoms with Crippen molar-refractivity contribution in [3.8, 4) is 0 Å². The fraction of sp³-hybridized carbons (Fsp3) is 0.545. The topological polar surface area (TPSA) is 24.9 Å². The normalized spacial score (nSPS) is 20.7. The standard InChI is InChI=1S/C11H13F3N2S2/c12-11(13,14)9-2-1-3-15-10(9)16-6-8-7-17-4-5-18-8/h1-3,8H,4-7H2,(H,15,16). The minimum atomic E-state index is -4.36. The van der Waals surface area contributed by atoms with E-state index in [1.54, 1.807) is 11.8 Å². The first-order chi connectivity index (χ1) is 8.57. The smallest absolute Gasteiger partial charge is 0.368 e. The maximum absolute atomic E-state index is 12.7. The van der Waals surface area contributed by atoms with Gasteiger partial charge in [-0.1, -0.05) is 0 Å². The third kappa shape index (κ3) is 3.71. The molecule has 1 N–H and O–H groups in total. The lowest BCUT2D eigenvalue weighted by Gasteiger charge is -2.22. The molecule has 1 aliphatic rings. The van der Waals surface area contributed by atoms with Gasteiger partial charge in [0.2, 0.25) is 0 Å². The van der Waals surface area contributed by atoms with Crippen molar-refractivity contribution in [2.24, 2.45) is 0 Å². The van der Waals surface area contributed by atoms with Crippen LogP contribution in [-0.4, -0.2) is 34.0 Å². The molecule has 2 heterocycles. The summed E-state index contributed by atoms with van der Waals surface area (Å²) >= 11 is 3.65. The maximum Gasteiger partial charge on any atom is 0.419 e. The SMILES string of the molecule is FC(F)(F)c1cccnc1NCC1CSCCS1. The maximum atomic E-state index is 12.7. The Labute approximate surface area is 112 Å². The van der Waals surface area contributed by atoms with Crippen LogP contribution in [0.5, 0.6) is 0 Å². The molecular weight excluding hydrogens is 281 g/mol. The van der Waals surface area contributed by atoms with E-state index in [9.17, 15) is 13.2 Å². The number of anilines is 1. The fourth-order valence-corrected chi connectivity index (χ4v) is 4.25. The number of hydrogen-bond donors (Lipinski definition) is 1. The largest absolute Gasteiger partial charge is 0.419 e. The first-order valence-corrected chi connectivity index (χ1v) is 7.73. The van der Waals surface area contributed by atoms with Crippen molar-refractivity contribution in [3.63, 3.8) is 0 Å². The molecule has 1 aromatic rings. The van der Waals surface area contributed by atoms with E-state index in [2.05, 4.69) is 10.3 Å². The number of thioether (sulfide) groups is 2. The second kappa shape index (κ2) is 6.06. The number of halogens is 3. The number of alkyl halides is 3. The Hall–Kier alpha value is -0.560. The predicted molar refractivity (Wildman–Crippen MR) is 71.3 cm³/mol. The van der Waals surface area contributed by atoms with E-state index in [1.165, 1.54) is 12.3 Å². The monoisotopic (exact) mass is 294 g/mol. The molecule has 0 saturated carbocycles. The number of nitrogens with zero attached hydrogens (tertiary/aromatic N) is 1. The zero-order valence-electron chi connectivity index (χ0n) is 9.54. The number of nitrogens with one attached hydrogen (secondary N) is 1. The van der Waals surface area contributed by atoms with Gasteiger partial charge in [0.1, 0.15) is 5.82 Å². The second-order valence-electron chi connectivity index (χ2n) is 3.85. The molecule has 0 aromatic carbocycles. The van der Waals surface area contributed by atoms with Gasteiger partial charge in [-0.15, -0.1) is 0 Å². The summed E-state index contributed by atoms with van der Waals surface area (Å²) in [5, 5.41) is 3.18. The van der Waals surface area contributed by atoms with Crippen molar-refractivity contribution >= 4 is 29.3 Å². The van der Waals surface area contributed by atoms with Crippen LogP contribution in [0.1, 0.15) is 5.56 Å². The Balaban J connectivity index is 2.00. The van der Waals surface area contributed by atoms with Crippen LogP contribution >= 0.6 is 23.5 Å².